The third-order valence-corrected chi connectivity index (χ3v) is 19.0. The quantitative estimate of drug-likeness (QED) is 0.163. The fourth-order valence-corrected chi connectivity index (χ4v) is 14.9. The van der Waals surface area contributed by atoms with Crippen molar-refractivity contribution in [3.63, 3.8) is 0 Å². The molecule has 0 N–H and O–H groups in total. The second-order valence-corrected chi connectivity index (χ2v) is 28.8. The number of para-hydroxylation sites is 2. The maximum absolute atomic E-state index is 2.65. The average molecular weight is 1040 g/mol. The fourth-order valence-electron chi connectivity index (χ4n) is 13.7. The predicted octanol–water partition coefficient (Wildman–Crippen LogP) is 15.6. The first-order chi connectivity index (χ1) is 37.5. The van der Waals surface area contributed by atoms with Gasteiger partial charge in [0.1, 0.15) is 0 Å². The van der Waals surface area contributed by atoms with Gasteiger partial charge in [0.05, 0.1) is 5.52 Å². The van der Waals surface area contributed by atoms with Gasteiger partial charge in [0, 0.05) is 65.9 Å². The molecule has 0 unspecified atom stereocenters. The second-order valence-electron chi connectivity index (χ2n) is 27.7. The van der Waals surface area contributed by atoms with Crippen molar-refractivity contribution in [3.05, 3.63) is 208 Å². The zero-order valence-electron chi connectivity index (χ0n) is 48.7. The van der Waals surface area contributed by atoms with Gasteiger partial charge >= 0.3 is 0 Å². The molecule has 1 aromatic heterocycles. The molecule has 4 aliphatic rings. The number of benzene rings is 9. The summed E-state index contributed by atoms with van der Waals surface area (Å²) in [5, 5.41) is 2.64. The van der Waals surface area contributed by atoms with Crippen LogP contribution in [0.5, 0.6) is 0 Å². The van der Waals surface area contributed by atoms with Gasteiger partial charge in [-0.1, -0.05) is 197 Å². The van der Waals surface area contributed by atoms with E-state index < -0.39 is 0 Å². The normalized spacial score (nSPS) is 14.4. The number of nitrogens with zero attached hydrogens (tertiary/aromatic N) is 3. The van der Waals surface area contributed by atoms with Gasteiger partial charge in [0.15, 0.2) is 0 Å². The monoisotopic (exact) mass is 1040 g/mol. The summed E-state index contributed by atoms with van der Waals surface area (Å²) >= 11 is 1.95. The van der Waals surface area contributed by atoms with Crippen molar-refractivity contribution in [2.45, 2.75) is 135 Å². The van der Waals surface area contributed by atoms with E-state index in [1.807, 2.05) is 11.8 Å². The van der Waals surface area contributed by atoms with Gasteiger partial charge < -0.3 is 14.4 Å². The van der Waals surface area contributed by atoms with Crippen LogP contribution in [0.3, 0.4) is 0 Å². The molecule has 4 aliphatic heterocycles. The third-order valence-electron chi connectivity index (χ3n) is 17.9. The molecule has 0 saturated heterocycles. The molecule has 9 aromatic carbocycles. The summed E-state index contributed by atoms with van der Waals surface area (Å²) in [5.41, 5.74) is 30.1. The van der Waals surface area contributed by atoms with Crippen molar-refractivity contribution in [3.8, 4) is 5.69 Å². The maximum Gasteiger partial charge on any atom is 0.252 e. The molecule has 390 valence electrons. The van der Waals surface area contributed by atoms with E-state index in [-0.39, 0.29) is 35.1 Å². The SMILES string of the molecule is Cc1ccc2c(c1)B1c3cc(Cc4cc5c6c(c4)-n4c7ccccc7c7cccc(c74)B6c4ccccc4S5)ccc3N(c3cc(C(C)(C)C)cc(C(C)(C)C)c3)c3cc(C)cc(c31)N2c1cc(C(C)(C)C)cc(C(C)(C)C)c1. The van der Waals surface area contributed by atoms with Gasteiger partial charge in [-0.25, -0.2) is 0 Å². The summed E-state index contributed by atoms with van der Waals surface area (Å²) < 4.78 is 2.60. The summed E-state index contributed by atoms with van der Waals surface area (Å²) in [4.78, 5) is 8.00. The van der Waals surface area contributed by atoms with Gasteiger partial charge in [-0.15, -0.1) is 0 Å². The van der Waals surface area contributed by atoms with Crippen molar-refractivity contribution in [2.75, 3.05) is 9.80 Å². The Bertz CT molecular complexity index is 4160. The van der Waals surface area contributed by atoms with Crippen molar-refractivity contribution < 1.29 is 0 Å². The van der Waals surface area contributed by atoms with Gasteiger partial charge in [-0.2, -0.15) is 0 Å². The molecule has 0 saturated carbocycles. The Morgan fingerprint density at radius 1 is 0.380 bits per heavy atom. The van der Waals surface area contributed by atoms with Crippen molar-refractivity contribution in [1.29, 1.82) is 0 Å². The Balaban J connectivity index is 1.01. The van der Waals surface area contributed by atoms with Crippen LogP contribution < -0.4 is 42.6 Å². The summed E-state index contributed by atoms with van der Waals surface area (Å²) in [6.45, 7) is 33.1. The van der Waals surface area contributed by atoms with Crippen LogP contribution in [-0.4, -0.2) is 18.0 Å². The fraction of sp³-hybridized carbons (Fsp3) is 0.260. The van der Waals surface area contributed by atoms with E-state index in [1.54, 1.807) is 0 Å². The number of aromatic nitrogens is 1. The first-order valence-corrected chi connectivity index (χ1v) is 29.6. The molecular weight excluding hydrogens is 973 g/mol. The zero-order chi connectivity index (χ0) is 55.0. The van der Waals surface area contributed by atoms with E-state index in [1.165, 1.54) is 149 Å². The first kappa shape index (κ1) is 50.1. The van der Waals surface area contributed by atoms with E-state index in [2.05, 4.69) is 275 Å². The maximum atomic E-state index is 2.65. The smallest absolute Gasteiger partial charge is 0.252 e. The molecule has 0 aliphatic carbocycles. The van der Waals surface area contributed by atoms with Crippen LogP contribution in [0, 0.1) is 13.8 Å². The highest BCUT2D eigenvalue weighted by Gasteiger charge is 2.45. The Kier molecular flexibility index (Phi) is 10.9. The Morgan fingerprint density at radius 2 is 0.911 bits per heavy atom. The number of hydrogen-bond acceptors (Lipinski definition) is 3. The van der Waals surface area contributed by atoms with E-state index in [9.17, 15) is 0 Å². The summed E-state index contributed by atoms with van der Waals surface area (Å²) in [7, 11) is 0. The number of rotatable bonds is 4. The van der Waals surface area contributed by atoms with Crippen molar-refractivity contribution >= 4 is 114 Å². The molecule has 3 nitrogen and oxygen atoms in total. The molecule has 10 aromatic rings. The highest BCUT2D eigenvalue weighted by atomic mass is 32.2. The van der Waals surface area contributed by atoms with Crippen LogP contribution >= 0.6 is 11.8 Å². The number of aryl methyl sites for hydroxylation is 2. The molecule has 0 amide bonds. The van der Waals surface area contributed by atoms with Gasteiger partial charge in [0.25, 0.3) is 6.71 Å². The molecule has 5 heterocycles. The standard InChI is InChI=1S/C73H71B2N3S/c1-43-26-28-60-57(30-43)75-58-34-45(33-46-35-64-68-66(36-46)79-65-25-18-16-22-55(65)74(68)56-23-19-21-54-53-20-15-17-24-59(53)78(64)69(54)56)27-29-61(58)77(52-41-49(72(9,10)11)38-50(42-52)73(12,13)14)63-32-44(2)31-62(67(63)75)76(60)51-39-47(70(3,4)5)37-48(40-51)71(6,7)8/h15-32,34-42H,33H2,1-14H3. The molecule has 79 heavy (non-hydrogen) atoms. The van der Waals surface area contributed by atoms with E-state index in [4.69, 9.17) is 0 Å². The first-order valence-electron chi connectivity index (χ1n) is 28.8. The molecule has 0 radical (unpaired) electrons. The molecule has 6 heteroatoms. The average Bonchev–Trinajstić information content (AvgIpc) is 3.47. The number of anilines is 6. The van der Waals surface area contributed by atoms with Crippen LogP contribution in [0.4, 0.5) is 34.1 Å². The number of hydrogen-bond donors (Lipinski definition) is 0. The van der Waals surface area contributed by atoms with Gasteiger partial charge in [0.2, 0.25) is 6.71 Å². The van der Waals surface area contributed by atoms with Gasteiger partial charge in [-0.05, 0) is 181 Å². The van der Waals surface area contributed by atoms with Crippen LogP contribution in [-0.2, 0) is 28.1 Å². The minimum Gasteiger partial charge on any atom is -0.311 e. The highest BCUT2D eigenvalue weighted by Crippen LogP contribution is 2.48. The van der Waals surface area contributed by atoms with E-state index in [0.717, 1.165) is 6.42 Å². The third kappa shape index (κ3) is 7.85. The van der Waals surface area contributed by atoms with Crippen molar-refractivity contribution in [2.24, 2.45) is 0 Å². The Labute approximate surface area is 474 Å². The number of fused-ring (bicyclic) bond motifs is 11. The predicted molar refractivity (Wildman–Crippen MR) is 344 cm³/mol. The van der Waals surface area contributed by atoms with Gasteiger partial charge in [-0.3, -0.25) is 0 Å². The van der Waals surface area contributed by atoms with Crippen LogP contribution in [0.15, 0.2) is 174 Å². The molecule has 0 atom stereocenters. The summed E-state index contributed by atoms with van der Waals surface area (Å²) in [6, 6.07) is 64.8. The van der Waals surface area contributed by atoms with E-state index >= 15 is 0 Å². The minimum absolute atomic E-state index is 0.00255. The topological polar surface area (TPSA) is 11.4 Å². The second kappa shape index (κ2) is 17.2. The summed E-state index contributed by atoms with van der Waals surface area (Å²) in [5.74, 6) is 0. The highest BCUT2D eigenvalue weighted by molar-refractivity contribution is 8.00. The lowest BCUT2D eigenvalue weighted by Crippen LogP contribution is -2.61. The zero-order valence-corrected chi connectivity index (χ0v) is 49.5. The lowest BCUT2D eigenvalue weighted by molar-refractivity contribution is 0.568. The van der Waals surface area contributed by atoms with Crippen LogP contribution in [0.1, 0.15) is 128 Å². The molecule has 0 fully saturated rings. The minimum atomic E-state index is -0.0570. The Morgan fingerprint density at radius 3 is 1.53 bits per heavy atom. The lowest BCUT2D eigenvalue weighted by atomic mass is 9.33. The lowest BCUT2D eigenvalue weighted by Gasteiger charge is -2.45. The van der Waals surface area contributed by atoms with Crippen LogP contribution in [0.2, 0.25) is 0 Å². The molecule has 14 rings (SSSR count). The molecular formula is C73H71B2N3S. The van der Waals surface area contributed by atoms with Crippen molar-refractivity contribution in [1.82, 2.24) is 4.57 Å². The Hall–Kier alpha value is -7.14. The summed E-state index contributed by atoms with van der Waals surface area (Å²) in [6.07, 6.45) is 0.806. The van der Waals surface area contributed by atoms with E-state index in [0.29, 0.717) is 0 Å². The molecule has 0 bridgehead atoms. The molecule has 0 spiro atoms. The van der Waals surface area contributed by atoms with Crippen LogP contribution in [0.25, 0.3) is 27.5 Å². The largest absolute Gasteiger partial charge is 0.311 e.